The number of nitrogens with two attached hydrogens (primary N) is 1. The number of piperazine rings is 1. The minimum atomic E-state index is -0.218. The van der Waals surface area contributed by atoms with Crippen molar-refractivity contribution in [2.24, 2.45) is 0 Å². The van der Waals surface area contributed by atoms with Crippen LogP contribution in [0.5, 0.6) is 0 Å². The molecule has 0 unspecified atom stereocenters. The number of nitrogens with zero attached hydrogens (tertiary/aromatic N) is 4. The third kappa shape index (κ3) is 2.82. The molecule has 120 valence electrons. The Morgan fingerprint density at radius 3 is 2.30 bits per heavy atom. The number of benzene rings is 1. The monoisotopic (exact) mass is 313 g/mol. The van der Waals surface area contributed by atoms with Crippen LogP contribution in [0.4, 0.5) is 21.6 Å². The van der Waals surface area contributed by atoms with Crippen molar-refractivity contribution in [3.8, 4) is 6.07 Å². The van der Waals surface area contributed by atoms with Gasteiger partial charge in [-0.15, -0.1) is 0 Å². The van der Waals surface area contributed by atoms with Gasteiger partial charge in [0.1, 0.15) is 23.4 Å². The Morgan fingerprint density at radius 2 is 1.74 bits per heavy atom. The minimum Gasteiger partial charge on any atom is -0.396 e. The van der Waals surface area contributed by atoms with E-state index in [4.69, 9.17) is 5.73 Å². The summed E-state index contributed by atoms with van der Waals surface area (Å²) < 4.78 is 15.0. The molecule has 1 aromatic heterocycles. The predicted molar refractivity (Wildman–Crippen MR) is 90.1 cm³/mol. The third-order valence-electron chi connectivity index (χ3n) is 4.30. The van der Waals surface area contributed by atoms with Gasteiger partial charge in [0, 0.05) is 38.4 Å². The summed E-state index contributed by atoms with van der Waals surface area (Å²) in [5, 5.41) is 9.22. The molecular weight excluding hydrogens is 293 g/mol. The summed E-state index contributed by atoms with van der Waals surface area (Å²) in [6, 6.07) is 10.5. The first kappa shape index (κ1) is 15.2. The topological polar surface area (TPSA) is 61.2 Å². The first-order chi connectivity index (χ1) is 11.1. The second kappa shape index (κ2) is 6.21. The summed E-state index contributed by atoms with van der Waals surface area (Å²) in [5.41, 5.74) is 8.40. The second-order valence-electron chi connectivity index (χ2n) is 5.62. The van der Waals surface area contributed by atoms with Crippen LogP contribution in [0.3, 0.4) is 0 Å². The number of hydrogen-bond acceptors (Lipinski definition) is 4. The average Bonchev–Trinajstić information content (AvgIpc) is 2.91. The molecule has 1 aliphatic heterocycles. The number of rotatable bonds is 3. The van der Waals surface area contributed by atoms with Crippen molar-refractivity contribution in [3.63, 3.8) is 0 Å². The van der Waals surface area contributed by atoms with Crippen LogP contribution in [0, 0.1) is 17.1 Å². The largest absolute Gasteiger partial charge is 0.396 e. The van der Waals surface area contributed by atoms with Gasteiger partial charge in [-0.3, -0.25) is 0 Å². The lowest BCUT2D eigenvalue weighted by Gasteiger charge is -2.37. The minimum absolute atomic E-state index is 0.218. The van der Waals surface area contributed by atoms with Gasteiger partial charge >= 0.3 is 0 Å². The summed E-state index contributed by atoms with van der Waals surface area (Å²) in [7, 11) is 0. The quantitative estimate of drug-likeness (QED) is 0.945. The Labute approximate surface area is 135 Å². The van der Waals surface area contributed by atoms with E-state index in [2.05, 4.69) is 15.9 Å². The van der Waals surface area contributed by atoms with E-state index in [-0.39, 0.29) is 5.82 Å². The highest BCUT2D eigenvalue weighted by Gasteiger charge is 2.23. The predicted octanol–water partition coefficient (Wildman–Crippen LogP) is 2.43. The summed E-state index contributed by atoms with van der Waals surface area (Å²) >= 11 is 0. The standard InChI is InChI=1S/C17H20FN5/c1-2-23-15(12-19)11-16(20)17(23)22-9-7-21(8-10-22)14-5-3-13(18)4-6-14/h3-6,11H,2,7-10,20H2,1H3. The lowest BCUT2D eigenvalue weighted by atomic mass is 10.2. The van der Waals surface area contributed by atoms with E-state index >= 15 is 0 Å². The van der Waals surface area contributed by atoms with Crippen molar-refractivity contribution in [1.29, 1.82) is 5.26 Å². The van der Waals surface area contributed by atoms with E-state index in [1.807, 2.05) is 23.6 Å². The van der Waals surface area contributed by atoms with Crippen molar-refractivity contribution >= 4 is 17.2 Å². The molecule has 6 heteroatoms. The van der Waals surface area contributed by atoms with Gasteiger partial charge in [-0.1, -0.05) is 0 Å². The van der Waals surface area contributed by atoms with Gasteiger partial charge in [0.25, 0.3) is 0 Å². The van der Waals surface area contributed by atoms with E-state index < -0.39 is 0 Å². The van der Waals surface area contributed by atoms with Crippen molar-refractivity contribution < 1.29 is 4.39 Å². The zero-order chi connectivity index (χ0) is 16.4. The molecule has 23 heavy (non-hydrogen) atoms. The lowest BCUT2D eigenvalue weighted by Crippen LogP contribution is -2.47. The third-order valence-corrected chi connectivity index (χ3v) is 4.30. The van der Waals surface area contributed by atoms with Gasteiger partial charge in [0.2, 0.25) is 0 Å². The lowest BCUT2D eigenvalue weighted by molar-refractivity contribution is 0.618. The molecule has 0 amide bonds. The molecule has 0 bridgehead atoms. The van der Waals surface area contributed by atoms with E-state index in [1.54, 1.807) is 6.07 Å². The van der Waals surface area contributed by atoms with Gasteiger partial charge < -0.3 is 20.1 Å². The fourth-order valence-electron chi connectivity index (χ4n) is 3.15. The molecule has 1 fully saturated rings. The summed E-state index contributed by atoms with van der Waals surface area (Å²) in [6.07, 6.45) is 0. The van der Waals surface area contributed by atoms with Gasteiger partial charge in [0.15, 0.2) is 0 Å². The van der Waals surface area contributed by atoms with Crippen molar-refractivity contribution in [2.75, 3.05) is 41.7 Å². The first-order valence-corrected chi connectivity index (χ1v) is 7.78. The zero-order valence-electron chi connectivity index (χ0n) is 13.2. The zero-order valence-corrected chi connectivity index (χ0v) is 13.2. The molecule has 0 radical (unpaired) electrons. The highest BCUT2D eigenvalue weighted by Crippen LogP contribution is 2.29. The van der Waals surface area contributed by atoms with Crippen molar-refractivity contribution in [3.05, 3.63) is 41.8 Å². The van der Waals surface area contributed by atoms with Crippen molar-refractivity contribution in [2.45, 2.75) is 13.5 Å². The molecule has 1 saturated heterocycles. The Hall–Kier alpha value is -2.68. The maximum absolute atomic E-state index is 13.0. The number of aromatic nitrogens is 1. The molecular formula is C17H20FN5. The molecule has 1 aromatic carbocycles. The van der Waals surface area contributed by atoms with Crippen LogP contribution in [-0.2, 0) is 6.54 Å². The SMILES string of the molecule is CCn1c(C#N)cc(N)c1N1CCN(c2ccc(F)cc2)CC1. The van der Waals surface area contributed by atoms with Crippen LogP contribution in [0.15, 0.2) is 30.3 Å². The number of nitrogen functional groups attached to an aromatic ring is 1. The van der Waals surface area contributed by atoms with Crippen molar-refractivity contribution in [1.82, 2.24) is 4.57 Å². The first-order valence-electron chi connectivity index (χ1n) is 7.78. The van der Waals surface area contributed by atoms with Crippen LogP contribution < -0.4 is 15.5 Å². The highest BCUT2D eigenvalue weighted by atomic mass is 19.1. The molecule has 3 rings (SSSR count). The van der Waals surface area contributed by atoms with Crippen LogP contribution >= 0.6 is 0 Å². The molecule has 0 spiro atoms. The number of anilines is 3. The van der Waals surface area contributed by atoms with Crippen LogP contribution in [-0.4, -0.2) is 30.7 Å². The smallest absolute Gasteiger partial charge is 0.133 e. The van der Waals surface area contributed by atoms with Gasteiger partial charge in [-0.25, -0.2) is 4.39 Å². The molecule has 2 N–H and O–H groups in total. The van der Waals surface area contributed by atoms with Gasteiger partial charge in [-0.2, -0.15) is 5.26 Å². The summed E-state index contributed by atoms with van der Waals surface area (Å²) in [5.74, 6) is 0.716. The fraction of sp³-hybridized carbons (Fsp3) is 0.353. The Bertz CT molecular complexity index is 721. The summed E-state index contributed by atoms with van der Waals surface area (Å²) in [6.45, 7) is 6.03. The van der Waals surface area contributed by atoms with Gasteiger partial charge in [-0.05, 0) is 37.3 Å². The Kier molecular flexibility index (Phi) is 4.11. The average molecular weight is 313 g/mol. The van der Waals surface area contributed by atoms with Gasteiger partial charge in [0.05, 0.1) is 5.69 Å². The molecule has 0 saturated carbocycles. The summed E-state index contributed by atoms with van der Waals surface area (Å²) in [4.78, 5) is 4.45. The number of nitriles is 1. The molecule has 2 aromatic rings. The maximum Gasteiger partial charge on any atom is 0.133 e. The van der Waals surface area contributed by atoms with Crippen LogP contribution in [0.25, 0.3) is 0 Å². The van der Waals surface area contributed by atoms with Crippen LogP contribution in [0.2, 0.25) is 0 Å². The Morgan fingerprint density at radius 1 is 1.13 bits per heavy atom. The molecule has 0 atom stereocenters. The van der Waals surface area contributed by atoms with E-state index in [9.17, 15) is 9.65 Å². The van der Waals surface area contributed by atoms with E-state index in [1.165, 1.54) is 12.1 Å². The molecule has 5 nitrogen and oxygen atoms in total. The number of hydrogen-bond donors (Lipinski definition) is 1. The van der Waals surface area contributed by atoms with E-state index in [0.29, 0.717) is 17.9 Å². The maximum atomic E-state index is 13.0. The fourth-order valence-corrected chi connectivity index (χ4v) is 3.15. The van der Waals surface area contributed by atoms with Crippen LogP contribution in [0.1, 0.15) is 12.6 Å². The molecule has 2 heterocycles. The van der Waals surface area contributed by atoms with E-state index in [0.717, 1.165) is 37.7 Å². The Balaban J connectivity index is 1.76. The second-order valence-corrected chi connectivity index (χ2v) is 5.62. The number of halogens is 1. The normalized spacial score (nSPS) is 14.8. The molecule has 0 aliphatic carbocycles. The highest BCUT2D eigenvalue weighted by molar-refractivity contribution is 5.68. The molecule has 1 aliphatic rings.